The lowest BCUT2D eigenvalue weighted by Crippen LogP contribution is -2.13. The Morgan fingerprint density at radius 2 is 2.12 bits per heavy atom. The number of hydrogen-bond acceptors (Lipinski definition) is 4. The molecule has 5 heteroatoms. The Morgan fingerprint density at radius 3 is 2.65 bits per heavy atom. The molecule has 0 unspecified atom stereocenters. The molecule has 17 heavy (non-hydrogen) atoms. The molecule has 0 aromatic heterocycles. The standard InChI is InChI=1S/C12H18N4O/c1-8-6-9(12(15)17)7-10(14)11(8)16-5-3-2-4-13/h2-3,6-7,16H,4-5,13-14H2,1H3,(H2,15,17)/b3-2+. The highest BCUT2D eigenvalue weighted by Crippen LogP contribution is 2.24. The van der Waals surface area contributed by atoms with Crippen LogP contribution in [0.5, 0.6) is 0 Å². The largest absolute Gasteiger partial charge is 0.397 e. The summed E-state index contributed by atoms with van der Waals surface area (Å²) in [6.07, 6.45) is 3.77. The van der Waals surface area contributed by atoms with Crippen LogP contribution in [0.3, 0.4) is 0 Å². The summed E-state index contributed by atoms with van der Waals surface area (Å²) in [6.45, 7) is 3.02. The van der Waals surface area contributed by atoms with Gasteiger partial charge < -0.3 is 22.5 Å². The van der Waals surface area contributed by atoms with Crippen molar-refractivity contribution in [1.29, 1.82) is 0 Å². The van der Waals surface area contributed by atoms with Gasteiger partial charge >= 0.3 is 0 Å². The molecule has 1 amide bonds. The third kappa shape index (κ3) is 3.49. The second-order valence-corrected chi connectivity index (χ2v) is 3.71. The van der Waals surface area contributed by atoms with Crippen molar-refractivity contribution < 1.29 is 4.79 Å². The molecule has 0 heterocycles. The van der Waals surface area contributed by atoms with Gasteiger partial charge in [0.25, 0.3) is 0 Å². The fraction of sp³-hybridized carbons (Fsp3) is 0.250. The zero-order valence-corrected chi connectivity index (χ0v) is 9.86. The van der Waals surface area contributed by atoms with Gasteiger partial charge in [-0.1, -0.05) is 12.2 Å². The number of benzene rings is 1. The molecule has 7 N–H and O–H groups in total. The molecule has 1 aromatic rings. The van der Waals surface area contributed by atoms with Crippen LogP contribution in [-0.4, -0.2) is 19.0 Å². The minimum Gasteiger partial charge on any atom is -0.397 e. The fourth-order valence-electron chi connectivity index (χ4n) is 1.54. The first kappa shape index (κ1) is 13.1. The quantitative estimate of drug-likeness (QED) is 0.442. The number of anilines is 2. The predicted octanol–water partition coefficient (Wildman–Crippen LogP) is 0.603. The summed E-state index contributed by atoms with van der Waals surface area (Å²) >= 11 is 0. The molecule has 1 rings (SSSR count). The maximum atomic E-state index is 11.0. The molecule has 0 saturated heterocycles. The summed E-state index contributed by atoms with van der Waals surface area (Å²) in [5.41, 5.74) is 19.0. The van der Waals surface area contributed by atoms with Crippen molar-refractivity contribution in [3.63, 3.8) is 0 Å². The van der Waals surface area contributed by atoms with Crippen molar-refractivity contribution in [3.8, 4) is 0 Å². The van der Waals surface area contributed by atoms with E-state index in [1.807, 2.05) is 19.1 Å². The Balaban J connectivity index is 2.86. The first-order valence-corrected chi connectivity index (χ1v) is 5.35. The number of nitrogens with one attached hydrogen (secondary N) is 1. The van der Waals surface area contributed by atoms with Gasteiger partial charge in [-0.3, -0.25) is 4.79 Å². The molecule has 0 atom stereocenters. The highest BCUT2D eigenvalue weighted by atomic mass is 16.1. The molecule has 0 fully saturated rings. The average molecular weight is 234 g/mol. The number of aryl methyl sites for hydroxylation is 1. The Hall–Kier alpha value is -2.01. The van der Waals surface area contributed by atoms with Crippen LogP contribution < -0.4 is 22.5 Å². The molecule has 92 valence electrons. The van der Waals surface area contributed by atoms with Gasteiger partial charge in [0.2, 0.25) is 5.91 Å². The van der Waals surface area contributed by atoms with Gasteiger partial charge in [0.05, 0.1) is 11.4 Å². The maximum Gasteiger partial charge on any atom is 0.248 e. The zero-order chi connectivity index (χ0) is 12.8. The van der Waals surface area contributed by atoms with E-state index in [9.17, 15) is 4.79 Å². The van der Waals surface area contributed by atoms with E-state index >= 15 is 0 Å². The summed E-state index contributed by atoms with van der Waals surface area (Å²) < 4.78 is 0. The Morgan fingerprint density at radius 1 is 1.41 bits per heavy atom. The van der Waals surface area contributed by atoms with Crippen molar-refractivity contribution in [2.24, 2.45) is 11.5 Å². The molecule has 0 radical (unpaired) electrons. The highest BCUT2D eigenvalue weighted by molar-refractivity contribution is 5.95. The van der Waals surface area contributed by atoms with Crippen LogP contribution in [0.4, 0.5) is 11.4 Å². The molecular weight excluding hydrogens is 216 g/mol. The van der Waals surface area contributed by atoms with Crippen LogP contribution >= 0.6 is 0 Å². The summed E-state index contributed by atoms with van der Waals surface area (Å²) in [7, 11) is 0. The molecule has 0 aliphatic carbocycles. The lowest BCUT2D eigenvalue weighted by Gasteiger charge is -2.12. The third-order valence-electron chi connectivity index (χ3n) is 2.35. The normalized spacial score (nSPS) is 10.7. The van der Waals surface area contributed by atoms with E-state index < -0.39 is 5.91 Å². The van der Waals surface area contributed by atoms with Gasteiger partial charge in [0, 0.05) is 18.7 Å². The molecule has 5 nitrogen and oxygen atoms in total. The van der Waals surface area contributed by atoms with Crippen LogP contribution in [-0.2, 0) is 0 Å². The van der Waals surface area contributed by atoms with E-state index in [2.05, 4.69) is 5.32 Å². The second kappa shape index (κ2) is 5.91. The number of nitrogen functional groups attached to an aromatic ring is 1. The van der Waals surface area contributed by atoms with Gasteiger partial charge in [-0.15, -0.1) is 0 Å². The highest BCUT2D eigenvalue weighted by Gasteiger charge is 2.07. The average Bonchev–Trinajstić information content (AvgIpc) is 2.26. The smallest absolute Gasteiger partial charge is 0.248 e. The molecule has 1 aromatic carbocycles. The molecule has 0 spiro atoms. The van der Waals surface area contributed by atoms with Gasteiger partial charge in [-0.2, -0.15) is 0 Å². The fourth-order valence-corrected chi connectivity index (χ4v) is 1.54. The van der Waals surface area contributed by atoms with Crippen molar-refractivity contribution in [3.05, 3.63) is 35.4 Å². The van der Waals surface area contributed by atoms with Crippen molar-refractivity contribution in [2.45, 2.75) is 6.92 Å². The van der Waals surface area contributed by atoms with E-state index in [-0.39, 0.29) is 0 Å². The molecular formula is C12H18N4O. The molecule has 0 aliphatic heterocycles. The summed E-state index contributed by atoms with van der Waals surface area (Å²) in [4.78, 5) is 11.0. The van der Waals surface area contributed by atoms with Crippen molar-refractivity contribution in [2.75, 3.05) is 24.1 Å². The number of hydrogen-bond donors (Lipinski definition) is 4. The lowest BCUT2D eigenvalue weighted by atomic mass is 10.1. The predicted molar refractivity (Wildman–Crippen MR) is 70.8 cm³/mol. The van der Waals surface area contributed by atoms with Crippen molar-refractivity contribution >= 4 is 17.3 Å². The molecule has 0 bridgehead atoms. The zero-order valence-electron chi connectivity index (χ0n) is 9.86. The summed E-state index contributed by atoms with van der Waals surface area (Å²) in [5, 5.41) is 3.16. The topological polar surface area (TPSA) is 107 Å². The van der Waals surface area contributed by atoms with E-state index in [0.717, 1.165) is 11.3 Å². The third-order valence-corrected chi connectivity index (χ3v) is 2.35. The maximum absolute atomic E-state index is 11.0. The van der Waals surface area contributed by atoms with E-state index in [1.165, 1.54) is 0 Å². The first-order chi connectivity index (χ1) is 8.06. The first-order valence-electron chi connectivity index (χ1n) is 5.35. The van der Waals surface area contributed by atoms with E-state index in [4.69, 9.17) is 17.2 Å². The number of primary amides is 1. The van der Waals surface area contributed by atoms with E-state index in [0.29, 0.717) is 24.3 Å². The number of amides is 1. The molecule has 0 saturated carbocycles. The minimum absolute atomic E-state index is 0.419. The summed E-state index contributed by atoms with van der Waals surface area (Å²) in [6, 6.07) is 3.29. The SMILES string of the molecule is Cc1cc(C(N)=O)cc(N)c1NC/C=C/CN. The van der Waals surface area contributed by atoms with Gasteiger partial charge in [0.15, 0.2) is 0 Å². The number of carbonyl (C=O) groups is 1. The van der Waals surface area contributed by atoms with Crippen LogP contribution in [0.15, 0.2) is 24.3 Å². The van der Waals surface area contributed by atoms with Gasteiger partial charge in [-0.05, 0) is 24.6 Å². The van der Waals surface area contributed by atoms with Gasteiger partial charge in [-0.25, -0.2) is 0 Å². The van der Waals surface area contributed by atoms with Crippen LogP contribution in [0.2, 0.25) is 0 Å². The minimum atomic E-state index is -0.477. The molecule has 0 aliphatic rings. The van der Waals surface area contributed by atoms with Crippen LogP contribution in [0, 0.1) is 6.92 Å². The Labute approximate surface area is 101 Å². The van der Waals surface area contributed by atoms with E-state index in [1.54, 1.807) is 12.1 Å². The van der Waals surface area contributed by atoms with Crippen LogP contribution in [0.1, 0.15) is 15.9 Å². The number of carbonyl (C=O) groups excluding carboxylic acids is 1. The lowest BCUT2D eigenvalue weighted by molar-refractivity contribution is 0.100. The van der Waals surface area contributed by atoms with Crippen molar-refractivity contribution in [1.82, 2.24) is 0 Å². The Bertz CT molecular complexity index is 417. The monoisotopic (exact) mass is 234 g/mol. The number of nitrogens with two attached hydrogens (primary N) is 3. The van der Waals surface area contributed by atoms with Crippen LogP contribution in [0.25, 0.3) is 0 Å². The Kier molecular flexibility index (Phi) is 4.54. The van der Waals surface area contributed by atoms with Gasteiger partial charge in [0.1, 0.15) is 0 Å². The summed E-state index contributed by atoms with van der Waals surface area (Å²) in [5.74, 6) is -0.477. The second-order valence-electron chi connectivity index (χ2n) is 3.71. The number of rotatable bonds is 5.